The van der Waals surface area contributed by atoms with Crippen molar-refractivity contribution in [3.8, 4) is 0 Å². The number of carbonyl (C=O) groups is 3. The Morgan fingerprint density at radius 3 is 2.63 bits per heavy atom. The van der Waals surface area contributed by atoms with Crippen LogP contribution in [0.2, 0.25) is 0 Å². The number of halogens is 1. The fraction of sp³-hybridized carbons (Fsp3) is 0.150. The van der Waals surface area contributed by atoms with Crippen LogP contribution in [0, 0.1) is 0 Å². The number of hydrogen-bond donors (Lipinski definition) is 1. The van der Waals surface area contributed by atoms with Gasteiger partial charge in [0.05, 0.1) is 5.69 Å². The van der Waals surface area contributed by atoms with Crippen molar-refractivity contribution in [2.75, 3.05) is 18.2 Å². The molecule has 0 aliphatic heterocycles. The minimum absolute atomic E-state index is 0.223. The number of benzene rings is 2. The predicted octanol–water partition coefficient (Wildman–Crippen LogP) is 4.57. The van der Waals surface area contributed by atoms with Crippen molar-refractivity contribution in [3.05, 3.63) is 64.1 Å². The third-order valence-corrected chi connectivity index (χ3v) is 4.73. The number of Topliss-reactive ketones (excluding diaryl/α,β-unsaturated/α-hetero) is 1. The van der Waals surface area contributed by atoms with Gasteiger partial charge in [0.25, 0.3) is 0 Å². The van der Waals surface area contributed by atoms with E-state index in [0.717, 1.165) is 14.9 Å². The van der Waals surface area contributed by atoms with E-state index < -0.39 is 5.97 Å². The fourth-order valence-corrected chi connectivity index (χ4v) is 3.16. The molecule has 2 rings (SSSR count). The van der Waals surface area contributed by atoms with E-state index in [2.05, 4.69) is 21.2 Å². The second-order valence-electron chi connectivity index (χ2n) is 5.52. The average Bonchev–Trinajstić information content (AvgIpc) is 2.64. The van der Waals surface area contributed by atoms with Crippen molar-refractivity contribution < 1.29 is 19.1 Å². The first-order chi connectivity index (χ1) is 12.9. The third kappa shape index (κ3) is 6.69. The Balaban J connectivity index is 1.98. The molecule has 0 heterocycles. The molecule has 2 aromatic rings. The van der Waals surface area contributed by atoms with E-state index in [1.807, 2.05) is 30.5 Å². The monoisotopic (exact) mass is 447 g/mol. The molecule has 7 heteroatoms. The van der Waals surface area contributed by atoms with E-state index in [1.165, 1.54) is 24.8 Å². The van der Waals surface area contributed by atoms with Crippen LogP contribution in [-0.4, -0.2) is 30.5 Å². The van der Waals surface area contributed by atoms with Gasteiger partial charge in [-0.05, 0) is 42.2 Å². The fourth-order valence-electron chi connectivity index (χ4n) is 2.21. The third-order valence-electron chi connectivity index (χ3n) is 3.44. The summed E-state index contributed by atoms with van der Waals surface area (Å²) in [4.78, 5) is 36.2. The summed E-state index contributed by atoms with van der Waals surface area (Å²) in [7, 11) is 0. The first-order valence-corrected chi connectivity index (χ1v) is 10.00. The highest BCUT2D eigenvalue weighted by Crippen LogP contribution is 2.26. The van der Waals surface area contributed by atoms with E-state index in [0.29, 0.717) is 11.3 Å². The Morgan fingerprint density at radius 1 is 1.19 bits per heavy atom. The van der Waals surface area contributed by atoms with Crippen LogP contribution < -0.4 is 5.32 Å². The molecule has 140 valence electrons. The van der Waals surface area contributed by atoms with Crippen molar-refractivity contribution in [3.63, 3.8) is 0 Å². The molecule has 0 aliphatic rings. The molecule has 1 amide bonds. The maximum atomic E-state index is 12.3. The van der Waals surface area contributed by atoms with Gasteiger partial charge in [-0.3, -0.25) is 9.59 Å². The van der Waals surface area contributed by atoms with Crippen LogP contribution in [0.5, 0.6) is 0 Å². The van der Waals surface area contributed by atoms with Crippen LogP contribution in [0.25, 0.3) is 6.08 Å². The number of amides is 1. The van der Waals surface area contributed by atoms with Gasteiger partial charge in [0.1, 0.15) is 0 Å². The zero-order valence-electron chi connectivity index (χ0n) is 14.8. The normalized spacial score (nSPS) is 10.6. The summed E-state index contributed by atoms with van der Waals surface area (Å²) in [6, 6.07) is 12.4. The molecule has 0 unspecified atom stereocenters. The number of nitrogens with one attached hydrogen (secondary N) is 1. The topological polar surface area (TPSA) is 72.5 Å². The number of ketones is 1. The molecule has 0 saturated carbocycles. The maximum absolute atomic E-state index is 12.3. The van der Waals surface area contributed by atoms with Crippen LogP contribution in [0.3, 0.4) is 0 Å². The number of hydrogen-bond acceptors (Lipinski definition) is 5. The van der Waals surface area contributed by atoms with Gasteiger partial charge in [0, 0.05) is 27.9 Å². The molecule has 0 radical (unpaired) electrons. The van der Waals surface area contributed by atoms with Gasteiger partial charge in [0.2, 0.25) is 5.91 Å². The maximum Gasteiger partial charge on any atom is 0.331 e. The minimum Gasteiger partial charge on any atom is -0.454 e. The SMILES string of the molecule is CSc1ccc(C(=O)COC(=O)/C=C/c2cccc(Br)c2)cc1NC(C)=O. The van der Waals surface area contributed by atoms with Gasteiger partial charge < -0.3 is 10.1 Å². The molecular weight excluding hydrogens is 430 g/mol. The summed E-state index contributed by atoms with van der Waals surface area (Å²) in [5, 5.41) is 2.69. The molecule has 27 heavy (non-hydrogen) atoms. The van der Waals surface area contributed by atoms with Crippen molar-refractivity contribution in [2.24, 2.45) is 0 Å². The van der Waals surface area contributed by atoms with Gasteiger partial charge in [-0.1, -0.05) is 34.1 Å². The van der Waals surface area contributed by atoms with Gasteiger partial charge in [-0.2, -0.15) is 0 Å². The summed E-state index contributed by atoms with van der Waals surface area (Å²) in [5.41, 5.74) is 1.75. The first kappa shape index (κ1) is 20.9. The van der Waals surface area contributed by atoms with E-state index in [1.54, 1.807) is 24.3 Å². The zero-order valence-corrected chi connectivity index (χ0v) is 17.2. The molecule has 0 atom stereocenters. The molecule has 0 aliphatic carbocycles. The van der Waals surface area contributed by atoms with Crippen LogP contribution in [0.1, 0.15) is 22.8 Å². The van der Waals surface area contributed by atoms with Crippen LogP contribution in [0.4, 0.5) is 5.69 Å². The predicted molar refractivity (Wildman–Crippen MR) is 111 cm³/mol. The van der Waals surface area contributed by atoms with E-state index in [4.69, 9.17) is 4.74 Å². The highest BCUT2D eigenvalue weighted by molar-refractivity contribution is 9.10. The summed E-state index contributed by atoms with van der Waals surface area (Å²) >= 11 is 4.81. The second-order valence-corrected chi connectivity index (χ2v) is 7.28. The smallest absolute Gasteiger partial charge is 0.331 e. The van der Waals surface area contributed by atoms with E-state index in [9.17, 15) is 14.4 Å². The lowest BCUT2D eigenvalue weighted by Gasteiger charge is -2.10. The lowest BCUT2D eigenvalue weighted by Crippen LogP contribution is -2.14. The zero-order chi connectivity index (χ0) is 19.8. The largest absolute Gasteiger partial charge is 0.454 e. The van der Waals surface area contributed by atoms with Crippen LogP contribution in [0.15, 0.2) is 57.9 Å². The molecule has 1 N–H and O–H groups in total. The number of ether oxygens (including phenoxy) is 1. The average molecular weight is 448 g/mol. The summed E-state index contributed by atoms with van der Waals surface area (Å²) < 4.78 is 5.91. The van der Waals surface area contributed by atoms with Crippen LogP contribution in [-0.2, 0) is 14.3 Å². The molecule has 5 nitrogen and oxygen atoms in total. The Bertz CT molecular complexity index is 895. The van der Waals surface area contributed by atoms with Crippen LogP contribution >= 0.6 is 27.7 Å². The number of esters is 1. The first-order valence-electron chi connectivity index (χ1n) is 7.98. The van der Waals surface area contributed by atoms with Gasteiger partial charge in [-0.25, -0.2) is 4.79 Å². The number of carbonyl (C=O) groups excluding carboxylic acids is 3. The molecule has 0 saturated heterocycles. The second kappa shape index (κ2) is 10.1. The molecule has 0 aromatic heterocycles. The van der Waals surface area contributed by atoms with Gasteiger partial charge in [-0.15, -0.1) is 11.8 Å². The summed E-state index contributed by atoms with van der Waals surface area (Å²) in [5.74, 6) is -1.18. The quantitative estimate of drug-likeness (QED) is 0.291. The molecule has 0 spiro atoms. The Hall–Kier alpha value is -2.38. The number of thioether (sulfide) groups is 1. The summed E-state index contributed by atoms with van der Waals surface area (Å²) in [6.45, 7) is 1.03. The summed E-state index contributed by atoms with van der Waals surface area (Å²) in [6.07, 6.45) is 4.76. The van der Waals surface area contributed by atoms with Gasteiger partial charge >= 0.3 is 5.97 Å². The lowest BCUT2D eigenvalue weighted by atomic mass is 10.1. The molecule has 0 bridgehead atoms. The lowest BCUT2D eigenvalue weighted by molar-refractivity contribution is -0.136. The highest BCUT2D eigenvalue weighted by Gasteiger charge is 2.12. The number of anilines is 1. The molecular formula is C20H18BrNO4S. The molecule has 2 aromatic carbocycles. The van der Waals surface area contributed by atoms with Crippen molar-refractivity contribution in [1.82, 2.24) is 0 Å². The Kier molecular flexibility index (Phi) is 7.82. The van der Waals surface area contributed by atoms with Gasteiger partial charge in [0.15, 0.2) is 12.4 Å². The van der Waals surface area contributed by atoms with Crippen molar-refractivity contribution in [2.45, 2.75) is 11.8 Å². The number of rotatable bonds is 7. The van der Waals surface area contributed by atoms with Crippen molar-refractivity contribution in [1.29, 1.82) is 0 Å². The van der Waals surface area contributed by atoms with Crippen molar-refractivity contribution >= 4 is 57.1 Å². The minimum atomic E-state index is -0.605. The molecule has 0 fully saturated rings. The van der Waals surface area contributed by atoms with E-state index in [-0.39, 0.29) is 18.3 Å². The standard InChI is InChI=1S/C20H18BrNO4S/c1-13(23)22-17-11-15(7-8-19(17)27-2)18(24)12-26-20(25)9-6-14-4-3-5-16(21)10-14/h3-11H,12H2,1-2H3,(H,22,23)/b9-6+. The Morgan fingerprint density at radius 2 is 1.96 bits per heavy atom. The highest BCUT2D eigenvalue weighted by atomic mass is 79.9. The Labute approximate surface area is 170 Å². The van der Waals surface area contributed by atoms with E-state index >= 15 is 0 Å².